The van der Waals surface area contributed by atoms with Gasteiger partial charge in [0.1, 0.15) is 0 Å². The number of aliphatic carboxylic acids is 1. The summed E-state index contributed by atoms with van der Waals surface area (Å²) >= 11 is 0. The lowest BCUT2D eigenvalue weighted by Crippen LogP contribution is -2.10. The van der Waals surface area contributed by atoms with Crippen LogP contribution < -0.4 is 0 Å². The van der Waals surface area contributed by atoms with E-state index in [9.17, 15) is 4.79 Å². The van der Waals surface area contributed by atoms with Crippen LogP contribution in [-0.2, 0) is 10.2 Å². The van der Waals surface area contributed by atoms with E-state index in [0.717, 1.165) is 11.1 Å². The fourth-order valence-corrected chi connectivity index (χ4v) is 1.50. The van der Waals surface area contributed by atoms with Gasteiger partial charge in [0.05, 0.1) is 0 Å². The van der Waals surface area contributed by atoms with Gasteiger partial charge in [0.15, 0.2) is 0 Å². The number of hydrogen-bond donors (Lipinski definition) is 1. The van der Waals surface area contributed by atoms with Crippen molar-refractivity contribution in [2.24, 2.45) is 0 Å². The topological polar surface area (TPSA) is 37.3 Å². The highest BCUT2D eigenvalue weighted by molar-refractivity contribution is 5.89. The van der Waals surface area contributed by atoms with Gasteiger partial charge < -0.3 is 5.11 Å². The first kappa shape index (κ1) is 12.5. The molecule has 0 aliphatic carbocycles. The quantitative estimate of drug-likeness (QED) is 0.772. The zero-order chi connectivity index (χ0) is 12.3. The summed E-state index contributed by atoms with van der Waals surface area (Å²) in [6.45, 7) is 8.27. The lowest BCUT2D eigenvalue weighted by atomic mass is 9.86. The first-order chi connectivity index (χ1) is 7.30. The maximum Gasteiger partial charge on any atom is 0.328 e. The minimum absolute atomic E-state index is 0.128. The number of benzene rings is 1. The number of allylic oxidation sites excluding steroid dienone is 1. The average molecular weight is 218 g/mol. The van der Waals surface area contributed by atoms with Crippen molar-refractivity contribution in [3.8, 4) is 0 Å². The van der Waals surface area contributed by atoms with E-state index in [1.54, 1.807) is 6.92 Å². The van der Waals surface area contributed by atoms with Crippen LogP contribution in [0, 0.1) is 0 Å². The summed E-state index contributed by atoms with van der Waals surface area (Å²) in [5.41, 5.74) is 3.10. The van der Waals surface area contributed by atoms with Crippen LogP contribution in [0.25, 0.3) is 5.57 Å². The van der Waals surface area contributed by atoms with Gasteiger partial charge in [-0.3, -0.25) is 0 Å². The third-order valence-electron chi connectivity index (χ3n) is 2.55. The molecule has 1 rings (SSSR count). The SMILES string of the molecule is CC(=CC(=O)O)c1ccc(C(C)(C)C)cc1. The standard InChI is InChI=1S/C14H18O2/c1-10(9-13(15)16)11-5-7-12(8-6-11)14(2,3)4/h5-9H,1-4H3,(H,15,16). The van der Waals surface area contributed by atoms with E-state index >= 15 is 0 Å². The van der Waals surface area contributed by atoms with E-state index in [0.29, 0.717) is 0 Å². The maximum absolute atomic E-state index is 10.5. The first-order valence-electron chi connectivity index (χ1n) is 5.33. The highest BCUT2D eigenvalue weighted by atomic mass is 16.4. The van der Waals surface area contributed by atoms with E-state index in [4.69, 9.17) is 5.11 Å². The number of hydrogen-bond acceptors (Lipinski definition) is 1. The predicted octanol–water partition coefficient (Wildman–Crippen LogP) is 3.47. The Kier molecular flexibility index (Phi) is 3.53. The molecule has 0 spiro atoms. The highest BCUT2D eigenvalue weighted by Gasteiger charge is 2.12. The number of carbonyl (C=O) groups is 1. The summed E-state index contributed by atoms with van der Waals surface area (Å²) in [6.07, 6.45) is 1.23. The monoisotopic (exact) mass is 218 g/mol. The fourth-order valence-electron chi connectivity index (χ4n) is 1.50. The highest BCUT2D eigenvalue weighted by Crippen LogP contribution is 2.24. The molecule has 0 radical (unpaired) electrons. The molecule has 1 aromatic carbocycles. The van der Waals surface area contributed by atoms with Gasteiger partial charge >= 0.3 is 5.97 Å². The van der Waals surface area contributed by atoms with Crippen LogP contribution in [0.1, 0.15) is 38.8 Å². The molecular formula is C14H18O2. The largest absolute Gasteiger partial charge is 0.478 e. The minimum Gasteiger partial charge on any atom is -0.478 e. The normalized spacial score (nSPS) is 12.6. The number of carboxylic acids is 1. The van der Waals surface area contributed by atoms with Crippen LogP contribution in [0.15, 0.2) is 30.3 Å². The van der Waals surface area contributed by atoms with Crippen molar-refractivity contribution in [2.45, 2.75) is 33.1 Å². The van der Waals surface area contributed by atoms with Crippen molar-refractivity contribution in [3.05, 3.63) is 41.5 Å². The molecule has 16 heavy (non-hydrogen) atoms. The molecule has 0 amide bonds. The molecule has 0 unspecified atom stereocenters. The van der Waals surface area contributed by atoms with Crippen LogP contribution in [-0.4, -0.2) is 11.1 Å². The van der Waals surface area contributed by atoms with Gasteiger partial charge in [0.25, 0.3) is 0 Å². The van der Waals surface area contributed by atoms with Crippen LogP contribution in [0.5, 0.6) is 0 Å². The lowest BCUT2D eigenvalue weighted by molar-refractivity contribution is -0.131. The molecule has 0 atom stereocenters. The summed E-state index contributed by atoms with van der Waals surface area (Å²) in [7, 11) is 0. The van der Waals surface area contributed by atoms with Crippen molar-refractivity contribution < 1.29 is 9.90 Å². The smallest absolute Gasteiger partial charge is 0.328 e. The molecular weight excluding hydrogens is 200 g/mol. The molecule has 0 saturated carbocycles. The van der Waals surface area contributed by atoms with E-state index in [1.165, 1.54) is 11.6 Å². The molecule has 0 saturated heterocycles. The maximum atomic E-state index is 10.5. The molecule has 86 valence electrons. The second-order valence-electron chi connectivity index (χ2n) is 4.99. The Morgan fingerprint density at radius 3 is 2.06 bits per heavy atom. The molecule has 1 N–H and O–H groups in total. The Labute approximate surface area is 96.6 Å². The molecule has 0 heterocycles. The summed E-state index contributed by atoms with van der Waals surface area (Å²) in [6, 6.07) is 8.04. The van der Waals surface area contributed by atoms with Crippen molar-refractivity contribution in [3.63, 3.8) is 0 Å². The zero-order valence-electron chi connectivity index (χ0n) is 10.2. The Hall–Kier alpha value is -1.57. The first-order valence-corrected chi connectivity index (χ1v) is 5.33. The van der Waals surface area contributed by atoms with Crippen molar-refractivity contribution >= 4 is 11.5 Å². The molecule has 0 aliphatic rings. The molecule has 0 bridgehead atoms. The Morgan fingerprint density at radius 1 is 1.19 bits per heavy atom. The third kappa shape index (κ3) is 3.23. The van der Waals surface area contributed by atoms with Crippen LogP contribution in [0.4, 0.5) is 0 Å². The second kappa shape index (κ2) is 4.52. The number of rotatable bonds is 2. The summed E-state index contributed by atoms with van der Waals surface area (Å²) < 4.78 is 0. The van der Waals surface area contributed by atoms with Crippen LogP contribution in [0.2, 0.25) is 0 Å². The third-order valence-corrected chi connectivity index (χ3v) is 2.55. The molecule has 2 nitrogen and oxygen atoms in total. The Bertz CT molecular complexity index is 405. The van der Waals surface area contributed by atoms with Crippen LogP contribution in [0.3, 0.4) is 0 Å². The predicted molar refractivity (Wildman–Crippen MR) is 66.4 cm³/mol. The van der Waals surface area contributed by atoms with E-state index in [1.807, 2.05) is 12.1 Å². The van der Waals surface area contributed by atoms with Gasteiger partial charge in [-0.05, 0) is 29.0 Å². The second-order valence-corrected chi connectivity index (χ2v) is 4.99. The van der Waals surface area contributed by atoms with E-state index in [-0.39, 0.29) is 5.41 Å². The zero-order valence-corrected chi connectivity index (χ0v) is 10.2. The Morgan fingerprint density at radius 2 is 1.69 bits per heavy atom. The molecule has 0 fully saturated rings. The van der Waals surface area contributed by atoms with Gasteiger partial charge in [0, 0.05) is 6.08 Å². The summed E-state index contributed by atoms with van der Waals surface area (Å²) in [5.74, 6) is -0.905. The number of carboxylic acid groups (broad SMARTS) is 1. The van der Waals surface area contributed by atoms with Gasteiger partial charge in [-0.25, -0.2) is 4.79 Å². The minimum atomic E-state index is -0.905. The van der Waals surface area contributed by atoms with Gasteiger partial charge in [-0.15, -0.1) is 0 Å². The van der Waals surface area contributed by atoms with Crippen molar-refractivity contribution in [1.82, 2.24) is 0 Å². The summed E-state index contributed by atoms with van der Waals surface area (Å²) in [4.78, 5) is 10.5. The lowest BCUT2D eigenvalue weighted by Gasteiger charge is -2.19. The van der Waals surface area contributed by atoms with Gasteiger partial charge in [0.2, 0.25) is 0 Å². The van der Waals surface area contributed by atoms with E-state index in [2.05, 4.69) is 32.9 Å². The fraction of sp³-hybridized carbons (Fsp3) is 0.357. The van der Waals surface area contributed by atoms with Gasteiger partial charge in [-0.1, -0.05) is 45.0 Å². The summed E-state index contributed by atoms with van der Waals surface area (Å²) in [5, 5.41) is 8.65. The van der Waals surface area contributed by atoms with Crippen molar-refractivity contribution in [1.29, 1.82) is 0 Å². The molecule has 0 aliphatic heterocycles. The van der Waals surface area contributed by atoms with Crippen molar-refractivity contribution in [2.75, 3.05) is 0 Å². The van der Waals surface area contributed by atoms with Gasteiger partial charge in [-0.2, -0.15) is 0 Å². The molecule has 1 aromatic rings. The average Bonchev–Trinajstić information content (AvgIpc) is 2.15. The molecule has 0 aromatic heterocycles. The molecule has 2 heteroatoms. The Balaban J connectivity index is 3.00. The van der Waals surface area contributed by atoms with Crippen LogP contribution >= 0.6 is 0 Å². The van der Waals surface area contributed by atoms with E-state index < -0.39 is 5.97 Å².